The van der Waals surface area contributed by atoms with Crippen LogP contribution in [0.25, 0.3) is 0 Å². The highest BCUT2D eigenvalue weighted by atomic mass is 35.5. The zero-order chi connectivity index (χ0) is 19.8. The standard InChI is InChI=1S/C22H20ClFN2O2/c23-20-14-18(8-11-21(20)24)26-22(27)12-13-25-17-6-9-19(10-7-17)28-15-16-4-2-1-3-5-16/h1-11,14,25H,12-13,15H2,(H,26,27). The van der Waals surface area contributed by atoms with Crippen LogP contribution in [0, 0.1) is 5.82 Å². The van der Waals surface area contributed by atoms with Crippen molar-refractivity contribution in [1.29, 1.82) is 0 Å². The summed E-state index contributed by atoms with van der Waals surface area (Å²) in [6.45, 7) is 0.978. The van der Waals surface area contributed by atoms with E-state index in [4.69, 9.17) is 16.3 Å². The van der Waals surface area contributed by atoms with Gasteiger partial charge in [0.25, 0.3) is 0 Å². The van der Waals surface area contributed by atoms with Gasteiger partial charge in [0.2, 0.25) is 5.91 Å². The van der Waals surface area contributed by atoms with Gasteiger partial charge in [-0.3, -0.25) is 4.79 Å². The monoisotopic (exact) mass is 398 g/mol. The molecule has 3 aromatic carbocycles. The summed E-state index contributed by atoms with van der Waals surface area (Å²) in [5, 5.41) is 5.85. The summed E-state index contributed by atoms with van der Waals surface area (Å²) in [4.78, 5) is 12.0. The van der Waals surface area contributed by atoms with Crippen LogP contribution in [-0.2, 0) is 11.4 Å². The molecule has 3 aromatic rings. The predicted octanol–water partition coefficient (Wildman–Crippen LogP) is 5.50. The van der Waals surface area contributed by atoms with Crippen molar-refractivity contribution in [3.05, 3.63) is 89.2 Å². The molecule has 1 amide bonds. The topological polar surface area (TPSA) is 50.4 Å². The highest BCUT2D eigenvalue weighted by molar-refractivity contribution is 6.31. The number of hydrogen-bond donors (Lipinski definition) is 2. The van der Waals surface area contributed by atoms with Crippen LogP contribution in [0.5, 0.6) is 5.75 Å². The highest BCUT2D eigenvalue weighted by Gasteiger charge is 2.05. The molecule has 0 aliphatic rings. The largest absolute Gasteiger partial charge is 0.489 e. The third kappa shape index (κ3) is 5.99. The van der Waals surface area contributed by atoms with E-state index in [1.807, 2.05) is 54.6 Å². The summed E-state index contributed by atoms with van der Waals surface area (Å²) in [6.07, 6.45) is 0.265. The third-order valence-corrected chi connectivity index (χ3v) is 4.28. The fourth-order valence-electron chi connectivity index (χ4n) is 2.53. The fraction of sp³-hybridized carbons (Fsp3) is 0.136. The van der Waals surface area contributed by atoms with Gasteiger partial charge in [-0.15, -0.1) is 0 Å². The Balaban J connectivity index is 1.40. The molecule has 3 rings (SSSR count). The Hall–Kier alpha value is -3.05. The fourth-order valence-corrected chi connectivity index (χ4v) is 2.71. The number of hydrogen-bond acceptors (Lipinski definition) is 3. The first-order valence-corrected chi connectivity index (χ1v) is 9.23. The summed E-state index contributed by atoms with van der Waals surface area (Å²) >= 11 is 5.70. The second kappa shape index (κ2) is 9.76. The van der Waals surface area contributed by atoms with E-state index in [2.05, 4.69) is 10.6 Å². The van der Waals surface area contributed by atoms with Crippen LogP contribution in [0.1, 0.15) is 12.0 Å². The molecule has 0 heterocycles. The molecule has 0 aromatic heterocycles. The number of carbonyl (C=O) groups is 1. The van der Waals surface area contributed by atoms with E-state index >= 15 is 0 Å². The van der Waals surface area contributed by atoms with Crippen LogP contribution in [0.3, 0.4) is 0 Å². The minimum atomic E-state index is -0.516. The Morgan fingerprint density at radius 3 is 2.39 bits per heavy atom. The molecule has 0 saturated heterocycles. The lowest BCUT2D eigenvalue weighted by Gasteiger charge is -2.10. The molecule has 0 aliphatic heterocycles. The van der Waals surface area contributed by atoms with Crippen LogP contribution in [-0.4, -0.2) is 12.5 Å². The summed E-state index contributed by atoms with van der Waals surface area (Å²) < 4.78 is 18.9. The van der Waals surface area contributed by atoms with Gasteiger partial charge in [0.15, 0.2) is 0 Å². The van der Waals surface area contributed by atoms with Gasteiger partial charge in [-0.05, 0) is 48.0 Å². The molecular weight excluding hydrogens is 379 g/mol. The summed E-state index contributed by atoms with van der Waals surface area (Å²) in [6, 6.07) is 21.6. The number of rotatable bonds is 8. The molecule has 0 radical (unpaired) electrons. The molecule has 0 saturated carbocycles. The zero-order valence-corrected chi connectivity index (χ0v) is 15.9. The maximum absolute atomic E-state index is 13.1. The van der Waals surface area contributed by atoms with Crippen molar-refractivity contribution in [3.8, 4) is 5.75 Å². The molecule has 0 unspecified atom stereocenters. The van der Waals surface area contributed by atoms with E-state index in [1.165, 1.54) is 18.2 Å². The first-order chi connectivity index (χ1) is 13.6. The number of amides is 1. The minimum absolute atomic E-state index is 0.0227. The number of anilines is 2. The van der Waals surface area contributed by atoms with Gasteiger partial charge in [-0.25, -0.2) is 4.39 Å². The van der Waals surface area contributed by atoms with Crippen LogP contribution in [0.15, 0.2) is 72.8 Å². The van der Waals surface area contributed by atoms with E-state index in [9.17, 15) is 9.18 Å². The maximum Gasteiger partial charge on any atom is 0.226 e. The van der Waals surface area contributed by atoms with Crippen molar-refractivity contribution in [2.24, 2.45) is 0 Å². The average Bonchev–Trinajstić information content (AvgIpc) is 2.71. The normalized spacial score (nSPS) is 10.4. The Labute approximate surface area is 168 Å². The van der Waals surface area contributed by atoms with Gasteiger partial charge in [-0.2, -0.15) is 0 Å². The van der Waals surface area contributed by atoms with Crippen molar-refractivity contribution in [2.45, 2.75) is 13.0 Å². The van der Waals surface area contributed by atoms with Crippen LogP contribution < -0.4 is 15.4 Å². The van der Waals surface area contributed by atoms with Gasteiger partial charge < -0.3 is 15.4 Å². The van der Waals surface area contributed by atoms with Gasteiger partial charge in [-0.1, -0.05) is 41.9 Å². The first-order valence-electron chi connectivity index (χ1n) is 8.86. The van der Waals surface area contributed by atoms with Crippen LogP contribution >= 0.6 is 11.6 Å². The molecular formula is C22H20ClFN2O2. The predicted molar refractivity (Wildman–Crippen MR) is 110 cm³/mol. The second-order valence-corrected chi connectivity index (χ2v) is 6.56. The van der Waals surface area contributed by atoms with Crippen molar-refractivity contribution >= 4 is 28.9 Å². The average molecular weight is 399 g/mol. The third-order valence-electron chi connectivity index (χ3n) is 3.99. The Morgan fingerprint density at radius 1 is 0.964 bits per heavy atom. The lowest BCUT2D eigenvalue weighted by molar-refractivity contribution is -0.115. The van der Waals surface area contributed by atoms with Crippen molar-refractivity contribution in [3.63, 3.8) is 0 Å². The van der Waals surface area contributed by atoms with Gasteiger partial charge in [0, 0.05) is 24.3 Å². The second-order valence-electron chi connectivity index (χ2n) is 6.15. The van der Waals surface area contributed by atoms with E-state index in [0.29, 0.717) is 18.8 Å². The molecule has 0 fully saturated rings. The molecule has 6 heteroatoms. The van der Waals surface area contributed by atoms with E-state index in [0.717, 1.165) is 17.0 Å². The minimum Gasteiger partial charge on any atom is -0.489 e. The SMILES string of the molecule is O=C(CCNc1ccc(OCc2ccccc2)cc1)Nc1ccc(F)c(Cl)c1. The highest BCUT2D eigenvalue weighted by Crippen LogP contribution is 2.20. The molecule has 4 nitrogen and oxygen atoms in total. The molecule has 28 heavy (non-hydrogen) atoms. The smallest absolute Gasteiger partial charge is 0.226 e. The first kappa shape index (κ1) is 19.7. The molecule has 0 aliphatic carbocycles. The Kier molecular flexibility index (Phi) is 6.87. The Bertz CT molecular complexity index is 918. The number of halogens is 2. The van der Waals surface area contributed by atoms with Gasteiger partial charge in [0.05, 0.1) is 5.02 Å². The van der Waals surface area contributed by atoms with E-state index < -0.39 is 5.82 Å². The summed E-state index contributed by atoms with van der Waals surface area (Å²) in [7, 11) is 0. The zero-order valence-electron chi connectivity index (χ0n) is 15.1. The van der Waals surface area contributed by atoms with Gasteiger partial charge in [0.1, 0.15) is 18.2 Å². The van der Waals surface area contributed by atoms with Crippen molar-refractivity contribution in [2.75, 3.05) is 17.2 Å². The lowest BCUT2D eigenvalue weighted by atomic mass is 10.2. The number of benzene rings is 3. The quantitative estimate of drug-likeness (QED) is 0.526. The summed E-state index contributed by atoms with van der Waals surface area (Å²) in [5.74, 6) is 0.0795. The van der Waals surface area contributed by atoms with Gasteiger partial charge >= 0.3 is 0 Å². The van der Waals surface area contributed by atoms with E-state index in [1.54, 1.807) is 0 Å². The van der Waals surface area contributed by atoms with E-state index in [-0.39, 0.29) is 17.4 Å². The summed E-state index contributed by atoms with van der Waals surface area (Å²) in [5.41, 5.74) is 2.47. The van der Waals surface area contributed by atoms with Crippen molar-refractivity contribution < 1.29 is 13.9 Å². The van der Waals surface area contributed by atoms with Crippen molar-refractivity contribution in [1.82, 2.24) is 0 Å². The molecule has 2 N–H and O–H groups in total. The number of carbonyl (C=O) groups excluding carboxylic acids is 1. The van der Waals surface area contributed by atoms with Crippen LogP contribution in [0.4, 0.5) is 15.8 Å². The van der Waals surface area contributed by atoms with Crippen LogP contribution in [0.2, 0.25) is 5.02 Å². The molecule has 144 valence electrons. The molecule has 0 spiro atoms. The number of nitrogens with one attached hydrogen (secondary N) is 2. The molecule has 0 atom stereocenters. The lowest BCUT2D eigenvalue weighted by Crippen LogP contribution is -2.16. The maximum atomic E-state index is 13.1. The molecule has 0 bridgehead atoms. The number of ether oxygens (including phenoxy) is 1. The Morgan fingerprint density at radius 2 is 1.68 bits per heavy atom.